The maximum absolute atomic E-state index is 9.49. The standard InChI is InChI=1S/C12H14N2O/c1-8(15)12(13)10-4-2-6-11-9(10)5-3-7-14-11/h2-8,12,15H,13H2,1H3/t8-,12-/m0/s1. The van der Waals surface area contributed by atoms with Crippen molar-refractivity contribution in [3.05, 3.63) is 42.1 Å². The highest BCUT2D eigenvalue weighted by Crippen LogP contribution is 2.23. The van der Waals surface area contributed by atoms with Crippen LogP contribution >= 0.6 is 0 Å². The summed E-state index contributed by atoms with van der Waals surface area (Å²) in [7, 11) is 0. The van der Waals surface area contributed by atoms with Crippen molar-refractivity contribution in [1.29, 1.82) is 0 Å². The van der Waals surface area contributed by atoms with Gasteiger partial charge in [-0.25, -0.2) is 0 Å². The second-order valence-electron chi connectivity index (χ2n) is 3.68. The summed E-state index contributed by atoms with van der Waals surface area (Å²) < 4.78 is 0. The van der Waals surface area contributed by atoms with Gasteiger partial charge in [-0.15, -0.1) is 0 Å². The molecule has 1 aromatic carbocycles. The second kappa shape index (κ2) is 3.96. The topological polar surface area (TPSA) is 59.1 Å². The molecule has 0 bridgehead atoms. The number of benzene rings is 1. The van der Waals surface area contributed by atoms with Gasteiger partial charge in [0.15, 0.2) is 0 Å². The summed E-state index contributed by atoms with van der Waals surface area (Å²) in [5.41, 5.74) is 7.77. The first-order valence-electron chi connectivity index (χ1n) is 4.97. The van der Waals surface area contributed by atoms with Crippen LogP contribution in [-0.2, 0) is 0 Å². The summed E-state index contributed by atoms with van der Waals surface area (Å²) in [6, 6.07) is 9.26. The van der Waals surface area contributed by atoms with Crippen molar-refractivity contribution in [2.24, 2.45) is 5.73 Å². The second-order valence-corrected chi connectivity index (χ2v) is 3.68. The molecule has 0 aliphatic rings. The molecule has 15 heavy (non-hydrogen) atoms. The van der Waals surface area contributed by atoms with E-state index in [1.165, 1.54) is 0 Å². The minimum atomic E-state index is -0.559. The van der Waals surface area contributed by atoms with Gasteiger partial charge in [-0.1, -0.05) is 18.2 Å². The highest BCUT2D eigenvalue weighted by Gasteiger charge is 2.14. The third-order valence-electron chi connectivity index (χ3n) is 2.56. The fourth-order valence-electron chi connectivity index (χ4n) is 1.68. The number of aromatic nitrogens is 1. The number of aliphatic hydroxyl groups is 1. The molecule has 0 radical (unpaired) electrons. The molecular weight excluding hydrogens is 188 g/mol. The Morgan fingerprint density at radius 3 is 2.80 bits per heavy atom. The average Bonchev–Trinajstić information content (AvgIpc) is 2.27. The Morgan fingerprint density at radius 1 is 1.27 bits per heavy atom. The zero-order valence-corrected chi connectivity index (χ0v) is 8.59. The smallest absolute Gasteiger partial charge is 0.0705 e. The average molecular weight is 202 g/mol. The van der Waals surface area contributed by atoms with Crippen molar-refractivity contribution in [3.8, 4) is 0 Å². The molecule has 1 heterocycles. The summed E-state index contributed by atoms with van der Waals surface area (Å²) in [4.78, 5) is 4.25. The zero-order chi connectivity index (χ0) is 10.8. The number of nitrogens with zero attached hydrogens (tertiary/aromatic N) is 1. The fraction of sp³-hybridized carbons (Fsp3) is 0.250. The minimum Gasteiger partial charge on any atom is -0.391 e. The largest absolute Gasteiger partial charge is 0.391 e. The molecule has 3 heteroatoms. The summed E-state index contributed by atoms with van der Waals surface area (Å²) >= 11 is 0. The van der Waals surface area contributed by atoms with Crippen LogP contribution in [0.2, 0.25) is 0 Å². The number of rotatable bonds is 2. The Balaban J connectivity index is 2.60. The van der Waals surface area contributed by atoms with E-state index in [1.807, 2.05) is 30.3 Å². The van der Waals surface area contributed by atoms with Crippen LogP contribution in [-0.4, -0.2) is 16.2 Å². The van der Waals surface area contributed by atoms with Gasteiger partial charge in [0.25, 0.3) is 0 Å². The van der Waals surface area contributed by atoms with Gasteiger partial charge in [0.2, 0.25) is 0 Å². The molecule has 0 aliphatic carbocycles. The molecule has 0 spiro atoms. The fourth-order valence-corrected chi connectivity index (χ4v) is 1.68. The predicted octanol–water partition coefficient (Wildman–Crippen LogP) is 1.62. The van der Waals surface area contributed by atoms with Gasteiger partial charge in [-0.05, 0) is 24.6 Å². The van der Waals surface area contributed by atoms with Crippen LogP contribution in [0.4, 0.5) is 0 Å². The Bertz CT molecular complexity index is 463. The van der Waals surface area contributed by atoms with Crippen LogP contribution in [0, 0.1) is 0 Å². The van der Waals surface area contributed by atoms with Gasteiger partial charge in [-0.3, -0.25) is 4.98 Å². The highest BCUT2D eigenvalue weighted by molar-refractivity contribution is 5.82. The van der Waals surface area contributed by atoms with E-state index in [2.05, 4.69) is 4.98 Å². The molecule has 2 atom stereocenters. The van der Waals surface area contributed by atoms with Crippen molar-refractivity contribution < 1.29 is 5.11 Å². The number of pyridine rings is 1. The third kappa shape index (κ3) is 1.84. The number of hydrogen-bond acceptors (Lipinski definition) is 3. The highest BCUT2D eigenvalue weighted by atomic mass is 16.3. The van der Waals surface area contributed by atoms with Crippen molar-refractivity contribution in [3.63, 3.8) is 0 Å². The van der Waals surface area contributed by atoms with Crippen LogP contribution in [0.5, 0.6) is 0 Å². The van der Waals surface area contributed by atoms with Crippen LogP contribution in [0.3, 0.4) is 0 Å². The van der Waals surface area contributed by atoms with Gasteiger partial charge in [-0.2, -0.15) is 0 Å². The molecule has 0 saturated carbocycles. The summed E-state index contributed by atoms with van der Waals surface area (Å²) in [5, 5.41) is 10.5. The molecule has 2 rings (SSSR count). The number of aliphatic hydroxyl groups excluding tert-OH is 1. The van der Waals surface area contributed by atoms with Crippen molar-refractivity contribution in [2.45, 2.75) is 19.1 Å². The number of nitrogens with two attached hydrogens (primary N) is 1. The molecule has 2 aromatic rings. The summed E-state index contributed by atoms with van der Waals surface area (Å²) in [5.74, 6) is 0. The van der Waals surface area contributed by atoms with E-state index >= 15 is 0 Å². The third-order valence-corrected chi connectivity index (χ3v) is 2.56. The molecule has 0 unspecified atom stereocenters. The molecule has 78 valence electrons. The molecular formula is C12H14N2O. The van der Waals surface area contributed by atoms with Crippen LogP contribution in [0.15, 0.2) is 36.5 Å². The molecule has 0 aliphatic heterocycles. The van der Waals surface area contributed by atoms with Crippen LogP contribution in [0.25, 0.3) is 10.9 Å². The Morgan fingerprint density at radius 2 is 2.07 bits per heavy atom. The lowest BCUT2D eigenvalue weighted by atomic mass is 9.99. The van der Waals surface area contributed by atoms with E-state index in [4.69, 9.17) is 5.73 Å². The molecule has 1 aromatic heterocycles. The zero-order valence-electron chi connectivity index (χ0n) is 8.59. The lowest BCUT2D eigenvalue weighted by Gasteiger charge is -2.16. The first-order chi connectivity index (χ1) is 7.20. The van der Waals surface area contributed by atoms with E-state index in [0.717, 1.165) is 16.5 Å². The molecule has 3 nitrogen and oxygen atoms in total. The molecule has 3 N–H and O–H groups in total. The Labute approximate surface area is 88.6 Å². The maximum atomic E-state index is 9.49. The van der Waals surface area contributed by atoms with Gasteiger partial charge in [0.05, 0.1) is 17.7 Å². The van der Waals surface area contributed by atoms with Gasteiger partial charge >= 0.3 is 0 Å². The van der Waals surface area contributed by atoms with Crippen LogP contribution in [0.1, 0.15) is 18.5 Å². The van der Waals surface area contributed by atoms with E-state index in [1.54, 1.807) is 13.1 Å². The Kier molecular flexibility index (Phi) is 2.66. The van der Waals surface area contributed by atoms with Crippen molar-refractivity contribution in [2.75, 3.05) is 0 Å². The molecule has 0 saturated heterocycles. The Hall–Kier alpha value is -1.45. The van der Waals surface area contributed by atoms with E-state index in [9.17, 15) is 5.11 Å². The number of hydrogen-bond donors (Lipinski definition) is 2. The quantitative estimate of drug-likeness (QED) is 0.778. The monoisotopic (exact) mass is 202 g/mol. The van der Waals surface area contributed by atoms with Gasteiger partial charge < -0.3 is 10.8 Å². The van der Waals surface area contributed by atoms with E-state index in [-0.39, 0.29) is 6.04 Å². The first kappa shape index (κ1) is 10.1. The molecule has 0 amide bonds. The van der Waals surface area contributed by atoms with E-state index < -0.39 is 6.10 Å². The van der Waals surface area contributed by atoms with Gasteiger partial charge in [0, 0.05) is 11.6 Å². The lowest BCUT2D eigenvalue weighted by Crippen LogP contribution is -2.23. The number of fused-ring (bicyclic) bond motifs is 1. The summed E-state index contributed by atoms with van der Waals surface area (Å²) in [6.45, 7) is 1.69. The van der Waals surface area contributed by atoms with Crippen molar-refractivity contribution >= 4 is 10.9 Å². The predicted molar refractivity (Wildman–Crippen MR) is 60.4 cm³/mol. The van der Waals surface area contributed by atoms with Gasteiger partial charge in [0.1, 0.15) is 0 Å². The minimum absolute atomic E-state index is 0.363. The summed E-state index contributed by atoms with van der Waals surface area (Å²) in [6.07, 6.45) is 1.19. The lowest BCUT2D eigenvalue weighted by molar-refractivity contribution is 0.165. The van der Waals surface area contributed by atoms with Crippen molar-refractivity contribution in [1.82, 2.24) is 4.98 Å². The van der Waals surface area contributed by atoms with E-state index in [0.29, 0.717) is 0 Å². The SMILES string of the molecule is C[C@H](O)[C@H](N)c1cccc2ncccc12. The van der Waals surface area contributed by atoms with Crippen LogP contribution < -0.4 is 5.73 Å². The molecule has 0 fully saturated rings. The maximum Gasteiger partial charge on any atom is 0.0705 e. The normalized spacial score (nSPS) is 15.1. The first-order valence-corrected chi connectivity index (χ1v) is 4.97.